The number of rotatable bonds is 4. The lowest BCUT2D eigenvalue weighted by atomic mass is 10.1. The van der Waals surface area contributed by atoms with Crippen molar-refractivity contribution in [1.82, 2.24) is 9.71 Å². The second-order valence-corrected chi connectivity index (χ2v) is 7.82. The molecule has 0 fully saturated rings. The summed E-state index contributed by atoms with van der Waals surface area (Å²) in [7, 11) is -3.69. The Morgan fingerprint density at radius 2 is 1.88 bits per heavy atom. The van der Waals surface area contributed by atoms with E-state index in [1.54, 1.807) is 42.6 Å². The van der Waals surface area contributed by atoms with Crippen molar-refractivity contribution < 1.29 is 17.9 Å². The average Bonchev–Trinajstić information content (AvgIpc) is 2.66. The Morgan fingerprint density at radius 3 is 2.73 bits per heavy atom. The predicted octanol–water partition coefficient (Wildman–Crippen LogP) is 2.79. The lowest BCUT2D eigenvalue weighted by Gasteiger charge is -2.19. The number of nitrogens with zero attached hydrogens (tertiary/aromatic N) is 1. The summed E-state index contributed by atoms with van der Waals surface area (Å²) in [6, 6.07) is 12.3. The van der Waals surface area contributed by atoms with E-state index in [-0.39, 0.29) is 11.4 Å². The Kier molecular flexibility index (Phi) is 4.26. The van der Waals surface area contributed by atoms with Gasteiger partial charge in [0, 0.05) is 18.1 Å². The third-order valence-electron chi connectivity index (χ3n) is 4.29. The maximum absolute atomic E-state index is 12.8. The summed E-state index contributed by atoms with van der Waals surface area (Å²) in [5, 5.41) is 0.613. The van der Waals surface area contributed by atoms with Gasteiger partial charge in [0.05, 0.1) is 10.4 Å². The molecule has 0 radical (unpaired) electrons. The number of sulfonamides is 1. The SMILES string of the molecule is Cc1ccc(S(=O)(=O)NCc2ccc3c(c2)OCCO3)c2cccnc12. The third kappa shape index (κ3) is 3.11. The highest BCUT2D eigenvalue weighted by atomic mass is 32.2. The van der Waals surface area contributed by atoms with E-state index in [0.29, 0.717) is 35.6 Å². The monoisotopic (exact) mass is 370 g/mol. The van der Waals surface area contributed by atoms with Gasteiger partial charge in [0.25, 0.3) is 0 Å². The van der Waals surface area contributed by atoms with Gasteiger partial charge in [-0.15, -0.1) is 0 Å². The van der Waals surface area contributed by atoms with E-state index < -0.39 is 10.0 Å². The fourth-order valence-electron chi connectivity index (χ4n) is 2.98. The highest BCUT2D eigenvalue weighted by Gasteiger charge is 2.19. The molecular weight excluding hydrogens is 352 g/mol. The molecule has 0 saturated carbocycles. The van der Waals surface area contributed by atoms with Gasteiger partial charge in [0.15, 0.2) is 11.5 Å². The first-order chi connectivity index (χ1) is 12.5. The normalized spacial score (nSPS) is 13.7. The molecule has 0 unspecified atom stereocenters. The van der Waals surface area contributed by atoms with Crippen LogP contribution < -0.4 is 14.2 Å². The molecule has 3 aromatic rings. The van der Waals surface area contributed by atoms with Gasteiger partial charge in [-0.1, -0.05) is 12.1 Å². The number of aromatic nitrogens is 1. The largest absolute Gasteiger partial charge is 0.486 e. The summed E-state index contributed by atoms with van der Waals surface area (Å²) < 4.78 is 39.3. The third-order valence-corrected chi connectivity index (χ3v) is 5.75. The van der Waals surface area contributed by atoms with Crippen LogP contribution in [0, 0.1) is 6.92 Å². The van der Waals surface area contributed by atoms with Gasteiger partial charge in [-0.2, -0.15) is 0 Å². The molecule has 0 spiro atoms. The van der Waals surface area contributed by atoms with E-state index in [2.05, 4.69) is 9.71 Å². The van der Waals surface area contributed by atoms with Crippen LogP contribution in [0.3, 0.4) is 0 Å². The molecule has 1 N–H and O–H groups in total. The van der Waals surface area contributed by atoms with Crippen LogP contribution in [-0.2, 0) is 16.6 Å². The van der Waals surface area contributed by atoms with Crippen molar-refractivity contribution in [2.45, 2.75) is 18.4 Å². The molecule has 6 nitrogen and oxygen atoms in total. The molecule has 2 aromatic carbocycles. The minimum atomic E-state index is -3.69. The first-order valence-corrected chi connectivity index (χ1v) is 9.75. The highest BCUT2D eigenvalue weighted by molar-refractivity contribution is 7.89. The van der Waals surface area contributed by atoms with Crippen molar-refractivity contribution in [2.75, 3.05) is 13.2 Å². The number of fused-ring (bicyclic) bond motifs is 2. The van der Waals surface area contributed by atoms with E-state index >= 15 is 0 Å². The summed E-state index contributed by atoms with van der Waals surface area (Å²) in [6.07, 6.45) is 1.66. The fraction of sp³-hybridized carbons (Fsp3) is 0.211. The van der Waals surface area contributed by atoms with E-state index in [9.17, 15) is 8.42 Å². The molecule has 1 aromatic heterocycles. The predicted molar refractivity (Wildman–Crippen MR) is 97.9 cm³/mol. The average molecular weight is 370 g/mol. The van der Waals surface area contributed by atoms with Gasteiger partial charge >= 0.3 is 0 Å². The molecule has 0 aliphatic carbocycles. The minimum absolute atomic E-state index is 0.161. The summed E-state index contributed by atoms with van der Waals surface area (Å²) in [5.74, 6) is 1.32. The van der Waals surface area contributed by atoms with E-state index in [0.717, 1.165) is 11.1 Å². The van der Waals surface area contributed by atoms with Crippen LogP contribution in [0.1, 0.15) is 11.1 Å². The number of nitrogens with one attached hydrogen (secondary N) is 1. The quantitative estimate of drug-likeness (QED) is 0.764. The molecular formula is C19H18N2O4S. The molecule has 4 rings (SSSR count). The molecule has 1 aliphatic rings. The summed E-state index contributed by atoms with van der Waals surface area (Å²) in [6.45, 7) is 3.08. The topological polar surface area (TPSA) is 77.5 Å². The lowest BCUT2D eigenvalue weighted by Crippen LogP contribution is -2.24. The van der Waals surface area contributed by atoms with Gasteiger partial charge in [-0.3, -0.25) is 4.98 Å². The number of aryl methyl sites for hydroxylation is 1. The van der Waals surface area contributed by atoms with Crippen LogP contribution in [0.25, 0.3) is 10.9 Å². The van der Waals surface area contributed by atoms with Crippen LogP contribution in [0.4, 0.5) is 0 Å². The maximum atomic E-state index is 12.8. The van der Waals surface area contributed by atoms with Crippen LogP contribution in [0.5, 0.6) is 11.5 Å². The Balaban J connectivity index is 1.61. The molecule has 26 heavy (non-hydrogen) atoms. The Hall–Kier alpha value is -2.64. The van der Waals surface area contributed by atoms with Crippen LogP contribution in [0.2, 0.25) is 0 Å². The van der Waals surface area contributed by atoms with E-state index in [1.165, 1.54) is 0 Å². The van der Waals surface area contributed by atoms with Gasteiger partial charge < -0.3 is 9.47 Å². The molecule has 7 heteroatoms. The zero-order valence-corrected chi connectivity index (χ0v) is 15.0. The summed E-state index contributed by atoms with van der Waals surface area (Å²) in [4.78, 5) is 4.52. The standard InChI is InChI=1S/C19H18N2O4S/c1-13-4-7-18(15-3-2-8-20-19(13)15)26(22,23)21-12-14-5-6-16-17(11-14)25-10-9-24-16/h2-8,11,21H,9-10,12H2,1H3. The molecule has 0 saturated heterocycles. The number of hydrogen-bond acceptors (Lipinski definition) is 5. The van der Waals surface area contributed by atoms with Crippen LogP contribution in [0.15, 0.2) is 53.6 Å². The molecule has 1 aliphatic heterocycles. The van der Waals surface area contributed by atoms with Gasteiger partial charge in [0.1, 0.15) is 13.2 Å². The van der Waals surface area contributed by atoms with Crippen molar-refractivity contribution in [1.29, 1.82) is 0 Å². The first-order valence-electron chi connectivity index (χ1n) is 8.27. The van der Waals surface area contributed by atoms with Crippen molar-refractivity contribution in [3.05, 3.63) is 59.8 Å². The van der Waals surface area contributed by atoms with Crippen LogP contribution in [-0.4, -0.2) is 26.6 Å². The van der Waals surface area contributed by atoms with Gasteiger partial charge in [0.2, 0.25) is 10.0 Å². The Labute approximate surface area is 151 Å². The van der Waals surface area contributed by atoms with Crippen molar-refractivity contribution >= 4 is 20.9 Å². The zero-order chi connectivity index (χ0) is 18.1. The lowest BCUT2D eigenvalue weighted by molar-refractivity contribution is 0.171. The minimum Gasteiger partial charge on any atom is -0.486 e. The summed E-state index contributed by atoms with van der Waals surface area (Å²) in [5.41, 5.74) is 2.42. The number of hydrogen-bond donors (Lipinski definition) is 1. The highest BCUT2D eigenvalue weighted by Crippen LogP contribution is 2.31. The maximum Gasteiger partial charge on any atom is 0.241 e. The number of ether oxygens (including phenoxy) is 2. The second-order valence-electron chi connectivity index (χ2n) is 6.08. The molecule has 0 bridgehead atoms. The first kappa shape index (κ1) is 16.8. The fourth-order valence-corrected chi connectivity index (χ4v) is 4.19. The molecule has 0 atom stereocenters. The summed E-state index contributed by atoms with van der Waals surface area (Å²) >= 11 is 0. The number of pyridine rings is 1. The second kappa shape index (κ2) is 6.59. The van der Waals surface area contributed by atoms with E-state index in [4.69, 9.17) is 9.47 Å². The molecule has 2 heterocycles. The van der Waals surface area contributed by atoms with Crippen molar-refractivity contribution in [3.63, 3.8) is 0 Å². The smallest absolute Gasteiger partial charge is 0.241 e. The van der Waals surface area contributed by atoms with Gasteiger partial charge in [-0.25, -0.2) is 13.1 Å². The van der Waals surface area contributed by atoms with Crippen molar-refractivity contribution in [2.24, 2.45) is 0 Å². The zero-order valence-electron chi connectivity index (χ0n) is 14.2. The van der Waals surface area contributed by atoms with E-state index in [1.807, 2.05) is 13.0 Å². The van der Waals surface area contributed by atoms with Crippen LogP contribution >= 0.6 is 0 Å². The molecule has 134 valence electrons. The van der Waals surface area contributed by atoms with Crippen molar-refractivity contribution in [3.8, 4) is 11.5 Å². The Morgan fingerprint density at radius 1 is 1.08 bits per heavy atom. The number of benzene rings is 2. The van der Waals surface area contributed by atoms with Gasteiger partial charge in [-0.05, 0) is 48.4 Å². The molecule has 0 amide bonds. The Bertz CT molecular complexity index is 1080.